The van der Waals surface area contributed by atoms with Crippen molar-refractivity contribution >= 4 is 10.9 Å². The van der Waals surface area contributed by atoms with Crippen LogP contribution >= 0.6 is 0 Å². The molecule has 1 aliphatic rings. The highest BCUT2D eigenvalue weighted by molar-refractivity contribution is 5.84. The molecule has 0 aliphatic carbocycles. The van der Waals surface area contributed by atoms with Gasteiger partial charge in [-0.25, -0.2) is 4.98 Å². The standard InChI is InChI=1S/C25H30N2O/c1-4-5-11-23-17-27(15-20-9-7-6-8-10-20)16-22-14-21-13-12-18(2)19(3)24(21)26-25(22)28-23/h6-10,12-14,23H,4-5,11,15-17H2,1-3H3/t23-/m0/s1. The molecule has 2 aromatic carbocycles. The molecule has 4 rings (SSSR count). The summed E-state index contributed by atoms with van der Waals surface area (Å²) in [5.74, 6) is 0.831. The summed E-state index contributed by atoms with van der Waals surface area (Å²) in [5, 5.41) is 1.21. The number of hydrogen-bond acceptors (Lipinski definition) is 3. The molecular weight excluding hydrogens is 344 g/mol. The maximum absolute atomic E-state index is 6.48. The van der Waals surface area contributed by atoms with Gasteiger partial charge in [0.1, 0.15) is 6.10 Å². The average molecular weight is 375 g/mol. The van der Waals surface area contributed by atoms with E-state index in [4.69, 9.17) is 9.72 Å². The van der Waals surface area contributed by atoms with Gasteiger partial charge in [-0.2, -0.15) is 0 Å². The maximum atomic E-state index is 6.48. The Morgan fingerprint density at radius 1 is 1.11 bits per heavy atom. The molecule has 0 bridgehead atoms. The molecular formula is C25H30N2O. The van der Waals surface area contributed by atoms with Crippen molar-refractivity contribution in [1.29, 1.82) is 0 Å². The number of ether oxygens (including phenoxy) is 1. The van der Waals surface area contributed by atoms with Crippen LogP contribution in [0.2, 0.25) is 0 Å². The SMILES string of the molecule is CCCC[C@H]1CN(Cc2ccccc2)Cc2cc3ccc(C)c(C)c3nc2O1. The van der Waals surface area contributed by atoms with E-state index in [2.05, 4.69) is 74.2 Å². The predicted molar refractivity (Wildman–Crippen MR) is 116 cm³/mol. The summed E-state index contributed by atoms with van der Waals surface area (Å²) in [6.07, 6.45) is 3.65. The van der Waals surface area contributed by atoms with Gasteiger partial charge >= 0.3 is 0 Å². The van der Waals surface area contributed by atoms with Gasteiger partial charge in [-0.05, 0) is 49.4 Å². The summed E-state index contributed by atoms with van der Waals surface area (Å²) in [5.41, 5.74) is 6.15. The molecule has 0 radical (unpaired) electrons. The van der Waals surface area contributed by atoms with Gasteiger partial charge in [0, 0.05) is 30.6 Å². The van der Waals surface area contributed by atoms with Gasteiger partial charge in [-0.15, -0.1) is 0 Å². The predicted octanol–water partition coefficient (Wildman–Crippen LogP) is 5.81. The van der Waals surface area contributed by atoms with Crippen LogP contribution in [-0.4, -0.2) is 22.5 Å². The fourth-order valence-corrected chi connectivity index (χ4v) is 4.06. The molecule has 0 spiro atoms. The number of pyridine rings is 1. The Hall–Kier alpha value is -2.39. The summed E-state index contributed by atoms with van der Waals surface area (Å²) >= 11 is 0. The number of nitrogens with zero attached hydrogens (tertiary/aromatic N) is 2. The zero-order chi connectivity index (χ0) is 19.5. The van der Waals surface area contributed by atoms with Crippen LogP contribution in [0, 0.1) is 13.8 Å². The maximum Gasteiger partial charge on any atom is 0.218 e. The minimum Gasteiger partial charge on any atom is -0.473 e. The molecule has 3 aromatic rings. The first-order valence-electron chi connectivity index (χ1n) is 10.5. The van der Waals surface area contributed by atoms with Gasteiger partial charge in [0.2, 0.25) is 5.88 Å². The first-order chi connectivity index (χ1) is 13.6. The first kappa shape index (κ1) is 18.9. The Balaban J connectivity index is 1.70. The Labute approximate surface area is 168 Å². The lowest BCUT2D eigenvalue weighted by Crippen LogP contribution is -2.32. The number of benzene rings is 2. The zero-order valence-electron chi connectivity index (χ0n) is 17.2. The lowest BCUT2D eigenvalue weighted by Gasteiger charge is -2.23. The summed E-state index contributed by atoms with van der Waals surface area (Å²) in [6, 6.07) is 17.4. The third-order valence-corrected chi connectivity index (χ3v) is 5.81. The molecule has 0 saturated carbocycles. The fraction of sp³-hybridized carbons (Fsp3) is 0.400. The van der Waals surface area contributed by atoms with E-state index in [1.54, 1.807) is 0 Å². The third kappa shape index (κ3) is 4.05. The molecule has 1 atom stereocenters. The summed E-state index contributed by atoms with van der Waals surface area (Å²) < 4.78 is 6.48. The largest absolute Gasteiger partial charge is 0.473 e. The van der Waals surface area contributed by atoms with Crippen molar-refractivity contribution in [3.8, 4) is 5.88 Å². The van der Waals surface area contributed by atoms with Crippen molar-refractivity contribution in [2.24, 2.45) is 0 Å². The normalized spacial score (nSPS) is 17.2. The molecule has 1 aromatic heterocycles. The van der Waals surface area contributed by atoms with Crippen molar-refractivity contribution in [2.45, 2.75) is 59.2 Å². The van der Waals surface area contributed by atoms with Crippen LogP contribution in [0.4, 0.5) is 0 Å². The second-order valence-corrected chi connectivity index (χ2v) is 8.07. The minimum atomic E-state index is 0.194. The van der Waals surface area contributed by atoms with Crippen LogP contribution in [0.5, 0.6) is 5.88 Å². The van der Waals surface area contributed by atoms with Crippen LogP contribution in [-0.2, 0) is 13.1 Å². The van der Waals surface area contributed by atoms with Crippen LogP contribution in [0.15, 0.2) is 48.5 Å². The van der Waals surface area contributed by atoms with Gasteiger partial charge in [-0.1, -0.05) is 55.8 Å². The summed E-state index contributed by atoms with van der Waals surface area (Å²) in [6.45, 7) is 9.31. The van der Waals surface area contributed by atoms with Crippen LogP contribution in [0.25, 0.3) is 10.9 Å². The summed E-state index contributed by atoms with van der Waals surface area (Å²) in [7, 11) is 0. The molecule has 0 amide bonds. The quantitative estimate of drug-likeness (QED) is 0.564. The second-order valence-electron chi connectivity index (χ2n) is 8.07. The molecule has 1 aliphatic heterocycles. The van der Waals surface area contributed by atoms with Crippen molar-refractivity contribution in [3.63, 3.8) is 0 Å². The molecule has 0 N–H and O–H groups in total. The van der Waals surface area contributed by atoms with E-state index >= 15 is 0 Å². The Morgan fingerprint density at radius 3 is 2.71 bits per heavy atom. The van der Waals surface area contributed by atoms with Crippen LogP contribution < -0.4 is 4.74 Å². The average Bonchev–Trinajstić information content (AvgIpc) is 2.87. The highest BCUT2D eigenvalue weighted by atomic mass is 16.5. The van der Waals surface area contributed by atoms with E-state index in [-0.39, 0.29) is 6.10 Å². The number of hydrogen-bond donors (Lipinski definition) is 0. The lowest BCUT2D eigenvalue weighted by atomic mass is 10.0. The van der Waals surface area contributed by atoms with Crippen molar-refractivity contribution < 1.29 is 4.74 Å². The van der Waals surface area contributed by atoms with Crippen molar-refractivity contribution in [2.75, 3.05) is 6.54 Å². The van der Waals surface area contributed by atoms with Gasteiger partial charge in [0.25, 0.3) is 0 Å². The number of rotatable bonds is 5. The number of aryl methyl sites for hydroxylation is 2. The molecule has 146 valence electrons. The van der Waals surface area contributed by atoms with E-state index in [1.165, 1.54) is 40.5 Å². The minimum absolute atomic E-state index is 0.194. The first-order valence-corrected chi connectivity index (χ1v) is 10.5. The molecule has 0 unspecified atom stereocenters. The highest BCUT2D eigenvalue weighted by Gasteiger charge is 2.24. The second kappa shape index (κ2) is 8.32. The molecule has 3 heteroatoms. The topological polar surface area (TPSA) is 25.4 Å². The number of unbranched alkanes of at least 4 members (excludes halogenated alkanes) is 1. The van der Waals surface area contributed by atoms with Crippen molar-refractivity contribution in [1.82, 2.24) is 9.88 Å². The van der Waals surface area contributed by atoms with Gasteiger partial charge in [0.15, 0.2) is 0 Å². The van der Waals surface area contributed by atoms with E-state index in [9.17, 15) is 0 Å². The molecule has 3 nitrogen and oxygen atoms in total. The smallest absolute Gasteiger partial charge is 0.218 e. The number of aromatic nitrogens is 1. The third-order valence-electron chi connectivity index (χ3n) is 5.81. The van der Waals surface area contributed by atoms with Crippen LogP contribution in [0.1, 0.15) is 48.4 Å². The summed E-state index contributed by atoms with van der Waals surface area (Å²) in [4.78, 5) is 7.50. The van der Waals surface area contributed by atoms with E-state index in [0.29, 0.717) is 0 Å². The van der Waals surface area contributed by atoms with Gasteiger partial charge in [0.05, 0.1) is 5.52 Å². The molecule has 28 heavy (non-hydrogen) atoms. The highest BCUT2D eigenvalue weighted by Crippen LogP contribution is 2.31. The Morgan fingerprint density at radius 2 is 1.93 bits per heavy atom. The van der Waals surface area contributed by atoms with Gasteiger partial charge in [-0.3, -0.25) is 4.90 Å². The Kier molecular flexibility index (Phi) is 5.63. The molecule has 0 saturated heterocycles. The van der Waals surface area contributed by atoms with E-state index in [1.807, 2.05) is 0 Å². The lowest BCUT2D eigenvalue weighted by molar-refractivity contribution is 0.130. The van der Waals surface area contributed by atoms with Crippen LogP contribution in [0.3, 0.4) is 0 Å². The van der Waals surface area contributed by atoms with E-state index in [0.717, 1.165) is 37.5 Å². The molecule has 2 heterocycles. The fourth-order valence-electron chi connectivity index (χ4n) is 4.06. The molecule has 0 fully saturated rings. The zero-order valence-corrected chi connectivity index (χ0v) is 17.2. The van der Waals surface area contributed by atoms with E-state index < -0.39 is 0 Å². The van der Waals surface area contributed by atoms with Crippen molar-refractivity contribution in [3.05, 3.63) is 70.8 Å². The monoisotopic (exact) mass is 374 g/mol. The Bertz CT molecular complexity index is 952. The van der Waals surface area contributed by atoms with Gasteiger partial charge < -0.3 is 4.74 Å². The number of fused-ring (bicyclic) bond motifs is 2.